The molecule has 2 rings (SSSR count). The van der Waals surface area contributed by atoms with Crippen molar-refractivity contribution in [1.82, 2.24) is 10.6 Å². The Bertz CT molecular complexity index is 442. The number of amides is 1. The van der Waals surface area contributed by atoms with E-state index in [1.165, 1.54) is 12.8 Å². The number of hydrogen-bond donors (Lipinski definition) is 2. The van der Waals surface area contributed by atoms with Crippen LogP contribution in [0.2, 0.25) is 0 Å². The van der Waals surface area contributed by atoms with Crippen LogP contribution in [0.3, 0.4) is 0 Å². The maximum absolute atomic E-state index is 11.7. The summed E-state index contributed by atoms with van der Waals surface area (Å²) in [5, 5.41) is 6.31. The Morgan fingerprint density at radius 3 is 2.80 bits per heavy atom. The number of carbonyl (C=O) groups is 1. The first-order chi connectivity index (χ1) is 9.65. The molecule has 110 valence electrons. The van der Waals surface area contributed by atoms with Gasteiger partial charge < -0.3 is 15.4 Å². The predicted octanol–water partition coefficient (Wildman–Crippen LogP) is 2.09. The van der Waals surface area contributed by atoms with Crippen molar-refractivity contribution in [3.63, 3.8) is 0 Å². The molecule has 1 saturated carbocycles. The van der Waals surface area contributed by atoms with Crippen molar-refractivity contribution < 1.29 is 9.53 Å². The zero-order valence-electron chi connectivity index (χ0n) is 12.3. The van der Waals surface area contributed by atoms with E-state index in [9.17, 15) is 4.79 Å². The standard InChI is InChI=1S/C16H24N2O2/c1-12(2)9-18-16(19)11-20-15-6-4-3-5-13(15)10-17-14-7-8-14/h3-6,12,14,17H,7-11H2,1-2H3,(H,18,19). The zero-order valence-corrected chi connectivity index (χ0v) is 12.3. The van der Waals surface area contributed by atoms with Gasteiger partial charge in [-0.05, 0) is 24.8 Å². The topological polar surface area (TPSA) is 50.4 Å². The van der Waals surface area contributed by atoms with Crippen molar-refractivity contribution in [1.29, 1.82) is 0 Å². The zero-order chi connectivity index (χ0) is 14.4. The van der Waals surface area contributed by atoms with Crippen LogP contribution in [-0.4, -0.2) is 25.1 Å². The molecule has 0 radical (unpaired) electrons. The number of carbonyl (C=O) groups excluding carboxylic acids is 1. The first-order valence-electron chi connectivity index (χ1n) is 7.36. The summed E-state index contributed by atoms with van der Waals surface area (Å²) in [6.45, 7) is 5.70. The summed E-state index contributed by atoms with van der Waals surface area (Å²) >= 11 is 0. The van der Waals surface area contributed by atoms with Gasteiger partial charge in [0.15, 0.2) is 6.61 Å². The third kappa shape index (κ3) is 5.21. The summed E-state index contributed by atoms with van der Waals surface area (Å²) in [6, 6.07) is 8.55. The second-order valence-electron chi connectivity index (χ2n) is 5.75. The van der Waals surface area contributed by atoms with Gasteiger partial charge in [0.1, 0.15) is 5.75 Å². The van der Waals surface area contributed by atoms with E-state index < -0.39 is 0 Å². The molecular formula is C16H24N2O2. The summed E-state index contributed by atoms with van der Waals surface area (Å²) in [5.41, 5.74) is 1.11. The normalized spacial score (nSPS) is 14.3. The molecule has 0 aromatic heterocycles. The molecule has 0 saturated heterocycles. The molecule has 20 heavy (non-hydrogen) atoms. The van der Waals surface area contributed by atoms with Crippen molar-refractivity contribution in [2.24, 2.45) is 5.92 Å². The van der Waals surface area contributed by atoms with Crippen molar-refractivity contribution in [2.45, 2.75) is 39.3 Å². The van der Waals surface area contributed by atoms with Crippen LogP contribution in [0.25, 0.3) is 0 Å². The van der Waals surface area contributed by atoms with E-state index in [4.69, 9.17) is 4.74 Å². The quantitative estimate of drug-likeness (QED) is 0.764. The second-order valence-corrected chi connectivity index (χ2v) is 5.75. The smallest absolute Gasteiger partial charge is 0.257 e. The molecule has 4 heteroatoms. The van der Waals surface area contributed by atoms with Crippen LogP contribution in [0.5, 0.6) is 5.75 Å². The molecule has 0 atom stereocenters. The largest absolute Gasteiger partial charge is 0.483 e. The van der Waals surface area contributed by atoms with Gasteiger partial charge in [-0.25, -0.2) is 0 Å². The van der Waals surface area contributed by atoms with Crippen LogP contribution < -0.4 is 15.4 Å². The lowest BCUT2D eigenvalue weighted by atomic mass is 10.2. The minimum absolute atomic E-state index is 0.0661. The van der Waals surface area contributed by atoms with Crippen LogP contribution in [0.1, 0.15) is 32.3 Å². The van der Waals surface area contributed by atoms with Crippen molar-refractivity contribution >= 4 is 5.91 Å². The number of rotatable bonds is 8. The molecule has 1 fully saturated rings. The van der Waals surface area contributed by atoms with Crippen LogP contribution in [-0.2, 0) is 11.3 Å². The molecule has 1 amide bonds. The minimum atomic E-state index is -0.0661. The average molecular weight is 276 g/mol. The lowest BCUT2D eigenvalue weighted by Crippen LogP contribution is -2.31. The van der Waals surface area contributed by atoms with Crippen LogP contribution in [0.4, 0.5) is 0 Å². The summed E-state index contributed by atoms with van der Waals surface area (Å²) in [5.74, 6) is 1.18. The number of hydrogen-bond acceptors (Lipinski definition) is 3. The van der Waals surface area contributed by atoms with E-state index in [1.807, 2.05) is 24.3 Å². The molecule has 1 aromatic carbocycles. The molecule has 1 aromatic rings. The first kappa shape index (κ1) is 14.9. The van der Waals surface area contributed by atoms with Crippen molar-refractivity contribution in [3.8, 4) is 5.75 Å². The van der Waals surface area contributed by atoms with Crippen LogP contribution in [0.15, 0.2) is 24.3 Å². The maximum atomic E-state index is 11.7. The number of nitrogens with one attached hydrogen (secondary N) is 2. The molecule has 0 spiro atoms. The highest BCUT2D eigenvalue weighted by Gasteiger charge is 2.20. The van der Waals surface area contributed by atoms with Crippen LogP contribution in [0, 0.1) is 5.92 Å². The monoisotopic (exact) mass is 276 g/mol. The number of benzene rings is 1. The van der Waals surface area contributed by atoms with E-state index in [-0.39, 0.29) is 12.5 Å². The molecular weight excluding hydrogens is 252 g/mol. The third-order valence-corrected chi connectivity index (χ3v) is 3.20. The van der Waals surface area contributed by atoms with Gasteiger partial charge in [0.2, 0.25) is 0 Å². The summed E-state index contributed by atoms with van der Waals surface area (Å²) in [6.07, 6.45) is 2.53. The van der Waals surface area contributed by atoms with Crippen molar-refractivity contribution in [3.05, 3.63) is 29.8 Å². The van der Waals surface area contributed by atoms with Gasteiger partial charge in [-0.1, -0.05) is 32.0 Å². The molecule has 0 unspecified atom stereocenters. The maximum Gasteiger partial charge on any atom is 0.257 e. The number of ether oxygens (including phenoxy) is 1. The molecule has 0 bridgehead atoms. The minimum Gasteiger partial charge on any atom is -0.483 e. The average Bonchev–Trinajstić information content (AvgIpc) is 3.25. The van der Waals surface area contributed by atoms with E-state index >= 15 is 0 Å². The fourth-order valence-electron chi connectivity index (χ4n) is 1.84. The molecule has 4 nitrogen and oxygen atoms in total. The third-order valence-electron chi connectivity index (χ3n) is 3.20. The lowest BCUT2D eigenvalue weighted by molar-refractivity contribution is -0.123. The van der Waals surface area contributed by atoms with Crippen molar-refractivity contribution in [2.75, 3.05) is 13.2 Å². The van der Waals surface area contributed by atoms with Gasteiger partial charge in [-0.15, -0.1) is 0 Å². The fourth-order valence-corrected chi connectivity index (χ4v) is 1.84. The Morgan fingerprint density at radius 2 is 2.10 bits per heavy atom. The lowest BCUT2D eigenvalue weighted by Gasteiger charge is -2.12. The summed E-state index contributed by atoms with van der Waals surface area (Å²) < 4.78 is 5.63. The Balaban J connectivity index is 1.80. The molecule has 0 heterocycles. The van der Waals surface area contributed by atoms with Gasteiger partial charge in [0, 0.05) is 24.7 Å². The fraction of sp³-hybridized carbons (Fsp3) is 0.562. The van der Waals surface area contributed by atoms with Gasteiger partial charge in [-0.3, -0.25) is 4.79 Å². The summed E-state index contributed by atoms with van der Waals surface area (Å²) in [4.78, 5) is 11.7. The van der Waals surface area contributed by atoms with Crippen LogP contribution >= 0.6 is 0 Å². The highest BCUT2D eigenvalue weighted by Crippen LogP contribution is 2.22. The Hall–Kier alpha value is -1.55. The van der Waals surface area contributed by atoms with E-state index in [1.54, 1.807) is 0 Å². The second kappa shape index (κ2) is 7.29. The van der Waals surface area contributed by atoms with E-state index in [0.717, 1.165) is 17.9 Å². The van der Waals surface area contributed by atoms with Gasteiger partial charge in [-0.2, -0.15) is 0 Å². The SMILES string of the molecule is CC(C)CNC(=O)COc1ccccc1CNC1CC1. The molecule has 1 aliphatic rings. The first-order valence-corrected chi connectivity index (χ1v) is 7.36. The predicted molar refractivity (Wildman–Crippen MR) is 79.6 cm³/mol. The Kier molecular flexibility index (Phi) is 5.41. The summed E-state index contributed by atoms with van der Waals surface area (Å²) in [7, 11) is 0. The highest BCUT2D eigenvalue weighted by atomic mass is 16.5. The number of para-hydroxylation sites is 1. The highest BCUT2D eigenvalue weighted by molar-refractivity contribution is 5.77. The van der Waals surface area contributed by atoms with Gasteiger partial charge >= 0.3 is 0 Å². The molecule has 1 aliphatic carbocycles. The van der Waals surface area contributed by atoms with Gasteiger partial charge in [0.05, 0.1) is 0 Å². The van der Waals surface area contributed by atoms with Gasteiger partial charge in [0.25, 0.3) is 5.91 Å². The van der Waals surface area contributed by atoms with E-state index in [0.29, 0.717) is 18.5 Å². The molecule has 2 N–H and O–H groups in total. The molecule has 0 aliphatic heterocycles. The van der Waals surface area contributed by atoms with E-state index in [2.05, 4.69) is 24.5 Å². The Labute approximate surface area is 120 Å². The Morgan fingerprint density at radius 1 is 1.35 bits per heavy atom.